The number of hydrogen-bond donors (Lipinski definition) is 0. The molecule has 62 heavy (non-hydrogen) atoms. The fourth-order valence-electron chi connectivity index (χ4n) is 10.4. The van der Waals surface area contributed by atoms with Crippen molar-refractivity contribution in [1.82, 2.24) is 0 Å². The Balaban J connectivity index is 0.959. The monoisotopic (exact) mass is 787 g/mol. The molecule has 0 saturated heterocycles. The van der Waals surface area contributed by atoms with Gasteiger partial charge in [-0.1, -0.05) is 212 Å². The van der Waals surface area contributed by atoms with Crippen molar-refractivity contribution in [2.75, 3.05) is 4.90 Å². The van der Waals surface area contributed by atoms with Crippen molar-refractivity contribution >= 4 is 17.1 Å². The molecule has 0 aromatic heterocycles. The van der Waals surface area contributed by atoms with E-state index in [1.807, 2.05) is 0 Å². The largest absolute Gasteiger partial charge is 0.311 e. The number of rotatable bonds is 7. The van der Waals surface area contributed by atoms with Crippen molar-refractivity contribution < 1.29 is 0 Å². The van der Waals surface area contributed by atoms with Crippen LogP contribution in [0.2, 0.25) is 0 Å². The van der Waals surface area contributed by atoms with E-state index in [9.17, 15) is 0 Å². The zero-order valence-electron chi connectivity index (χ0n) is 34.1. The van der Waals surface area contributed by atoms with Crippen LogP contribution in [0, 0.1) is 0 Å². The zero-order chi connectivity index (χ0) is 41.0. The minimum atomic E-state index is -0.412. The van der Waals surface area contributed by atoms with Gasteiger partial charge in [-0.05, 0) is 125 Å². The summed E-state index contributed by atoms with van der Waals surface area (Å²) in [6, 6.07) is 91.2. The van der Waals surface area contributed by atoms with Gasteiger partial charge in [0.25, 0.3) is 0 Å². The van der Waals surface area contributed by atoms with Crippen molar-refractivity contribution in [2.24, 2.45) is 0 Å². The molecule has 1 spiro atoms. The first-order valence-electron chi connectivity index (χ1n) is 21.5. The van der Waals surface area contributed by atoms with Gasteiger partial charge in [-0.2, -0.15) is 0 Å². The molecule has 0 N–H and O–H groups in total. The lowest BCUT2D eigenvalue weighted by atomic mass is 9.68. The lowest BCUT2D eigenvalue weighted by Crippen LogP contribution is -2.26. The molecule has 1 heteroatoms. The van der Waals surface area contributed by atoms with Crippen LogP contribution in [0.4, 0.5) is 17.1 Å². The van der Waals surface area contributed by atoms with E-state index in [2.05, 4.69) is 254 Å². The summed E-state index contributed by atoms with van der Waals surface area (Å²) in [5.74, 6) is 0. The Kier molecular flexibility index (Phi) is 8.47. The molecule has 0 saturated carbocycles. The Morgan fingerprint density at radius 3 is 0.919 bits per heavy atom. The molecule has 0 bridgehead atoms. The normalized spacial score (nSPS) is 12.6. The van der Waals surface area contributed by atoms with E-state index in [0.717, 1.165) is 17.1 Å². The summed E-state index contributed by atoms with van der Waals surface area (Å²) in [4.78, 5) is 2.37. The molecular formula is C61H41N. The van der Waals surface area contributed by atoms with E-state index < -0.39 is 5.41 Å². The third kappa shape index (κ3) is 5.63. The van der Waals surface area contributed by atoms with Crippen LogP contribution in [0.25, 0.3) is 66.8 Å². The molecule has 290 valence electrons. The van der Waals surface area contributed by atoms with Crippen LogP contribution in [0.3, 0.4) is 0 Å². The third-order valence-corrected chi connectivity index (χ3v) is 13.1. The molecular weight excluding hydrogens is 747 g/mol. The van der Waals surface area contributed by atoms with Crippen LogP contribution in [-0.2, 0) is 5.41 Å². The molecule has 2 aliphatic carbocycles. The van der Waals surface area contributed by atoms with Crippen molar-refractivity contribution in [3.05, 3.63) is 271 Å². The number of anilines is 3. The van der Waals surface area contributed by atoms with Gasteiger partial charge in [-0.25, -0.2) is 0 Å². The second-order valence-corrected chi connectivity index (χ2v) is 16.4. The predicted molar refractivity (Wildman–Crippen MR) is 259 cm³/mol. The standard InChI is InChI=1S/C61H41N/c1-3-14-42(15-4-1)44-26-28-45(29-27-44)47-32-38-50(39-33-47)62(49-36-30-46(31-37-49)43-16-5-2-6-17-43)51-40-34-48(35-41-51)52-21-13-22-56-55-20-9-12-25-59(55)61(60(52)56)57-23-10-7-18-53(57)54-19-8-11-24-58(54)61/h1-41H. The fourth-order valence-corrected chi connectivity index (χ4v) is 10.4. The predicted octanol–water partition coefficient (Wildman–Crippen LogP) is 16.2. The molecule has 0 heterocycles. The smallest absolute Gasteiger partial charge is 0.0731 e. The van der Waals surface area contributed by atoms with Gasteiger partial charge in [0, 0.05) is 17.1 Å². The van der Waals surface area contributed by atoms with Crippen molar-refractivity contribution in [3.63, 3.8) is 0 Å². The van der Waals surface area contributed by atoms with E-state index >= 15 is 0 Å². The Hall–Kier alpha value is -8.00. The van der Waals surface area contributed by atoms with E-state index in [-0.39, 0.29) is 0 Å². The molecule has 12 rings (SSSR count). The Labute approximate surface area is 363 Å². The molecule has 1 nitrogen and oxygen atoms in total. The highest BCUT2D eigenvalue weighted by atomic mass is 15.1. The average molecular weight is 788 g/mol. The first-order valence-corrected chi connectivity index (χ1v) is 21.5. The summed E-state index contributed by atoms with van der Waals surface area (Å²) < 4.78 is 0. The summed E-state index contributed by atoms with van der Waals surface area (Å²) in [6.07, 6.45) is 0. The highest BCUT2D eigenvalue weighted by Gasteiger charge is 2.52. The molecule has 2 aliphatic rings. The van der Waals surface area contributed by atoms with Crippen molar-refractivity contribution in [3.8, 4) is 66.8 Å². The van der Waals surface area contributed by atoms with Crippen molar-refractivity contribution in [2.45, 2.75) is 5.41 Å². The molecule has 0 radical (unpaired) electrons. The van der Waals surface area contributed by atoms with Crippen LogP contribution < -0.4 is 4.90 Å². The van der Waals surface area contributed by atoms with Gasteiger partial charge in [0.2, 0.25) is 0 Å². The quantitative estimate of drug-likeness (QED) is 0.155. The first-order chi connectivity index (χ1) is 30.8. The zero-order valence-corrected chi connectivity index (χ0v) is 34.1. The lowest BCUT2D eigenvalue weighted by Gasteiger charge is -2.32. The Morgan fingerprint density at radius 1 is 0.210 bits per heavy atom. The second kappa shape index (κ2) is 14.6. The van der Waals surface area contributed by atoms with Crippen LogP contribution in [0.1, 0.15) is 22.3 Å². The lowest BCUT2D eigenvalue weighted by molar-refractivity contribution is 0.796. The third-order valence-electron chi connectivity index (χ3n) is 13.1. The summed E-state index contributed by atoms with van der Waals surface area (Å²) in [5, 5.41) is 0. The second-order valence-electron chi connectivity index (χ2n) is 16.4. The number of fused-ring (bicyclic) bond motifs is 10. The van der Waals surface area contributed by atoms with Crippen LogP contribution in [-0.4, -0.2) is 0 Å². The SMILES string of the molecule is c1ccc(-c2ccc(-c3ccc(N(c4ccc(-c5ccccc5)cc4)c4ccc(-c5cccc6c5C5(c7ccccc7-c7ccccc75)c5ccccc5-6)cc4)cc3)cc2)cc1. The summed E-state index contributed by atoms with van der Waals surface area (Å²) in [5.41, 5.74) is 23.3. The first kappa shape index (κ1) is 35.9. The number of nitrogens with zero attached hydrogens (tertiary/aromatic N) is 1. The van der Waals surface area contributed by atoms with Gasteiger partial charge in [-0.15, -0.1) is 0 Å². The Bertz CT molecular complexity index is 3170. The highest BCUT2D eigenvalue weighted by Crippen LogP contribution is 2.64. The highest BCUT2D eigenvalue weighted by molar-refractivity contribution is 5.99. The van der Waals surface area contributed by atoms with E-state index in [1.54, 1.807) is 0 Å². The van der Waals surface area contributed by atoms with Crippen LogP contribution in [0.5, 0.6) is 0 Å². The topological polar surface area (TPSA) is 3.24 Å². The number of benzene rings is 10. The van der Waals surface area contributed by atoms with Crippen molar-refractivity contribution in [1.29, 1.82) is 0 Å². The van der Waals surface area contributed by atoms with E-state index in [0.29, 0.717) is 0 Å². The van der Waals surface area contributed by atoms with Gasteiger partial charge in [0.05, 0.1) is 5.41 Å². The molecule has 10 aromatic rings. The summed E-state index contributed by atoms with van der Waals surface area (Å²) in [7, 11) is 0. The summed E-state index contributed by atoms with van der Waals surface area (Å²) in [6.45, 7) is 0. The maximum absolute atomic E-state index is 2.37. The van der Waals surface area contributed by atoms with Gasteiger partial charge in [0.15, 0.2) is 0 Å². The molecule has 0 fully saturated rings. The average Bonchev–Trinajstić information content (AvgIpc) is 3.83. The fraction of sp³-hybridized carbons (Fsp3) is 0.0164. The van der Waals surface area contributed by atoms with Crippen LogP contribution in [0.15, 0.2) is 249 Å². The van der Waals surface area contributed by atoms with E-state index in [4.69, 9.17) is 0 Å². The van der Waals surface area contributed by atoms with Gasteiger partial charge >= 0.3 is 0 Å². The molecule has 0 amide bonds. The molecule has 10 aromatic carbocycles. The minimum absolute atomic E-state index is 0.412. The number of hydrogen-bond acceptors (Lipinski definition) is 1. The maximum atomic E-state index is 2.37. The molecule has 0 unspecified atom stereocenters. The Morgan fingerprint density at radius 2 is 0.500 bits per heavy atom. The van der Waals surface area contributed by atoms with Gasteiger partial charge in [0.1, 0.15) is 0 Å². The summed E-state index contributed by atoms with van der Waals surface area (Å²) >= 11 is 0. The minimum Gasteiger partial charge on any atom is -0.311 e. The van der Waals surface area contributed by atoms with Crippen LogP contribution >= 0.6 is 0 Å². The maximum Gasteiger partial charge on any atom is 0.0731 e. The van der Waals surface area contributed by atoms with E-state index in [1.165, 1.54) is 89.0 Å². The van der Waals surface area contributed by atoms with Gasteiger partial charge < -0.3 is 4.90 Å². The van der Waals surface area contributed by atoms with Gasteiger partial charge in [-0.3, -0.25) is 0 Å². The molecule has 0 atom stereocenters. The molecule has 0 aliphatic heterocycles.